The van der Waals surface area contributed by atoms with E-state index in [0.29, 0.717) is 15.8 Å². The monoisotopic (exact) mass is 509 g/mol. The third kappa shape index (κ3) is 5.91. The van der Waals surface area contributed by atoms with Gasteiger partial charge in [0.1, 0.15) is 6.54 Å². The fourth-order valence-electron chi connectivity index (χ4n) is 3.55. The van der Waals surface area contributed by atoms with Crippen LogP contribution in [0.25, 0.3) is 10.2 Å². The number of thiazole rings is 1. The normalized spacial score (nSPS) is 12.1. The van der Waals surface area contributed by atoms with Gasteiger partial charge in [0.15, 0.2) is 4.80 Å². The van der Waals surface area contributed by atoms with Gasteiger partial charge in [-0.3, -0.25) is 9.59 Å². The predicted octanol–water partition coefficient (Wildman–Crippen LogP) is 3.25. The molecule has 4 rings (SSSR count). The van der Waals surface area contributed by atoms with Crippen molar-refractivity contribution in [3.8, 4) is 0 Å². The Kier molecular flexibility index (Phi) is 7.25. The van der Waals surface area contributed by atoms with Crippen molar-refractivity contribution in [3.63, 3.8) is 0 Å². The van der Waals surface area contributed by atoms with Crippen molar-refractivity contribution in [1.29, 1.82) is 0 Å². The first-order valence-electron chi connectivity index (χ1n) is 10.8. The molecule has 0 bridgehead atoms. The lowest BCUT2D eigenvalue weighted by Crippen LogP contribution is -2.23. The molecule has 3 aromatic carbocycles. The van der Waals surface area contributed by atoms with Gasteiger partial charge in [0.25, 0.3) is 5.91 Å². The van der Waals surface area contributed by atoms with Crippen molar-refractivity contribution in [2.45, 2.75) is 24.8 Å². The Morgan fingerprint density at radius 1 is 1.00 bits per heavy atom. The van der Waals surface area contributed by atoms with Crippen molar-refractivity contribution in [1.82, 2.24) is 4.57 Å². The van der Waals surface area contributed by atoms with Crippen LogP contribution in [0.15, 0.2) is 82.7 Å². The van der Waals surface area contributed by atoms with Crippen LogP contribution < -0.4 is 9.94 Å². The topological polar surface area (TPSA) is 121 Å². The maximum absolute atomic E-state index is 12.9. The number of hydrogen-bond donors (Lipinski definition) is 1. The van der Waals surface area contributed by atoms with Gasteiger partial charge in [0.2, 0.25) is 10.0 Å². The summed E-state index contributed by atoms with van der Waals surface area (Å²) in [6, 6.07) is 21.5. The zero-order valence-corrected chi connectivity index (χ0v) is 20.5. The Hall–Kier alpha value is -3.60. The van der Waals surface area contributed by atoms with E-state index in [0.717, 1.165) is 23.3 Å². The van der Waals surface area contributed by atoms with Crippen LogP contribution in [0.5, 0.6) is 0 Å². The number of fused-ring (bicyclic) bond motifs is 1. The zero-order valence-electron chi connectivity index (χ0n) is 18.9. The fourth-order valence-corrected chi connectivity index (χ4v) is 5.23. The summed E-state index contributed by atoms with van der Waals surface area (Å²) in [5.74, 6) is -0.978. The maximum Gasteiger partial charge on any atom is 0.326 e. The van der Waals surface area contributed by atoms with Gasteiger partial charge in [-0.05, 0) is 54.8 Å². The van der Waals surface area contributed by atoms with E-state index >= 15 is 0 Å². The quantitative estimate of drug-likeness (QED) is 0.384. The number of carbonyl (C=O) groups excluding carboxylic acids is 2. The number of sulfonamides is 1. The number of carbonyl (C=O) groups is 2. The molecule has 0 saturated carbocycles. The second-order valence-electron chi connectivity index (χ2n) is 7.73. The van der Waals surface area contributed by atoms with Crippen LogP contribution in [-0.4, -0.2) is 31.5 Å². The molecule has 0 aliphatic heterocycles. The number of aromatic nitrogens is 1. The Balaban J connectivity index is 1.69. The minimum Gasteiger partial charge on any atom is -0.465 e. The third-order valence-electron chi connectivity index (χ3n) is 5.22. The molecule has 2 N–H and O–H groups in total. The molecule has 180 valence electrons. The molecule has 0 atom stereocenters. The first kappa shape index (κ1) is 24.5. The number of primary sulfonamides is 1. The standard InChI is InChI=1S/C25H23N3O5S2/c1-2-33-23(29)16-28-21-13-12-20(35(26,31)32)15-22(21)34-25(28)27-24(30)19-10-8-18(9-11-19)14-17-6-4-3-5-7-17/h3-13,15H,2,14,16H2,1H3,(H2,26,31,32). The van der Waals surface area contributed by atoms with Gasteiger partial charge in [-0.15, -0.1) is 0 Å². The summed E-state index contributed by atoms with van der Waals surface area (Å²) in [5.41, 5.74) is 3.16. The Bertz CT molecular complexity index is 1550. The molecule has 0 spiro atoms. The summed E-state index contributed by atoms with van der Waals surface area (Å²) >= 11 is 1.09. The average Bonchev–Trinajstić information content (AvgIpc) is 3.15. The predicted molar refractivity (Wildman–Crippen MR) is 133 cm³/mol. The van der Waals surface area contributed by atoms with E-state index in [1.165, 1.54) is 28.3 Å². The summed E-state index contributed by atoms with van der Waals surface area (Å²) < 4.78 is 30.6. The Labute approximate surface area is 206 Å². The van der Waals surface area contributed by atoms with Crippen molar-refractivity contribution < 1.29 is 22.7 Å². The Morgan fingerprint density at radius 3 is 2.34 bits per heavy atom. The lowest BCUT2D eigenvalue weighted by atomic mass is 10.0. The number of esters is 1. The van der Waals surface area contributed by atoms with Gasteiger partial charge in [-0.2, -0.15) is 4.99 Å². The highest BCUT2D eigenvalue weighted by Crippen LogP contribution is 2.22. The van der Waals surface area contributed by atoms with Crippen LogP contribution in [0.4, 0.5) is 0 Å². The number of hydrogen-bond acceptors (Lipinski definition) is 6. The lowest BCUT2D eigenvalue weighted by molar-refractivity contribution is -0.143. The van der Waals surface area contributed by atoms with Gasteiger partial charge in [-0.1, -0.05) is 53.8 Å². The number of nitrogens with two attached hydrogens (primary N) is 1. The van der Waals surface area contributed by atoms with Gasteiger partial charge in [0, 0.05) is 5.56 Å². The van der Waals surface area contributed by atoms with E-state index < -0.39 is 21.9 Å². The highest BCUT2D eigenvalue weighted by atomic mass is 32.2. The Morgan fingerprint density at radius 2 is 1.69 bits per heavy atom. The highest BCUT2D eigenvalue weighted by Gasteiger charge is 2.16. The SMILES string of the molecule is CCOC(=O)Cn1c(=NC(=O)c2ccc(Cc3ccccc3)cc2)sc2cc(S(N)(=O)=O)ccc21. The first-order valence-corrected chi connectivity index (χ1v) is 13.1. The number of ether oxygens (including phenoxy) is 1. The summed E-state index contributed by atoms with van der Waals surface area (Å²) in [5, 5.41) is 5.25. The van der Waals surface area contributed by atoms with Crippen LogP contribution in [0, 0.1) is 0 Å². The smallest absolute Gasteiger partial charge is 0.326 e. The molecule has 4 aromatic rings. The molecule has 0 aliphatic carbocycles. The summed E-state index contributed by atoms with van der Waals surface area (Å²) in [4.78, 5) is 29.6. The zero-order chi connectivity index (χ0) is 25.0. The molecule has 1 aromatic heterocycles. The number of amides is 1. The van der Waals surface area contributed by atoms with Crippen molar-refractivity contribution in [2.24, 2.45) is 10.1 Å². The molecule has 1 amide bonds. The largest absolute Gasteiger partial charge is 0.465 e. The molecule has 0 radical (unpaired) electrons. The highest BCUT2D eigenvalue weighted by molar-refractivity contribution is 7.89. The van der Waals surface area contributed by atoms with E-state index in [1.807, 2.05) is 42.5 Å². The molecule has 0 saturated heterocycles. The van der Waals surface area contributed by atoms with Gasteiger partial charge < -0.3 is 9.30 Å². The minimum absolute atomic E-state index is 0.0681. The van der Waals surface area contributed by atoms with E-state index in [4.69, 9.17) is 9.88 Å². The molecule has 10 heteroatoms. The molecular formula is C25H23N3O5S2. The van der Waals surface area contributed by atoms with Crippen LogP contribution in [0.3, 0.4) is 0 Å². The van der Waals surface area contributed by atoms with E-state index in [1.54, 1.807) is 19.1 Å². The molecule has 8 nitrogen and oxygen atoms in total. The number of benzene rings is 3. The van der Waals surface area contributed by atoms with Crippen LogP contribution in [0.2, 0.25) is 0 Å². The van der Waals surface area contributed by atoms with Crippen molar-refractivity contribution in [3.05, 3.63) is 94.3 Å². The van der Waals surface area contributed by atoms with Crippen molar-refractivity contribution in [2.75, 3.05) is 6.61 Å². The maximum atomic E-state index is 12.9. The van der Waals surface area contributed by atoms with Gasteiger partial charge in [-0.25, -0.2) is 13.6 Å². The van der Waals surface area contributed by atoms with Crippen LogP contribution >= 0.6 is 11.3 Å². The third-order valence-corrected chi connectivity index (χ3v) is 7.18. The molecule has 0 unspecified atom stereocenters. The second kappa shape index (κ2) is 10.3. The van der Waals surface area contributed by atoms with E-state index in [-0.39, 0.29) is 22.8 Å². The molecule has 35 heavy (non-hydrogen) atoms. The molecule has 0 fully saturated rings. The van der Waals surface area contributed by atoms with E-state index in [2.05, 4.69) is 4.99 Å². The molecular weight excluding hydrogens is 486 g/mol. The van der Waals surface area contributed by atoms with Crippen LogP contribution in [0.1, 0.15) is 28.4 Å². The van der Waals surface area contributed by atoms with Gasteiger partial charge in [0.05, 0.1) is 21.7 Å². The van der Waals surface area contributed by atoms with E-state index in [9.17, 15) is 18.0 Å². The molecule has 0 aliphatic rings. The molecule has 1 heterocycles. The second-order valence-corrected chi connectivity index (χ2v) is 10.3. The van der Waals surface area contributed by atoms with Crippen LogP contribution in [-0.2, 0) is 32.5 Å². The number of rotatable bonds is 7. The average molecular weight is 510 g/mol. The minimum atomic E-state index is -3.91. The first-order chi connectivity index (χ1) is 16.7. The fraction of sp³-hybridized carbons (Fsp3) is 0.160. The summed E-state index contributed by atoms with van der Waals surface area (Å²) in [6.45, 7) is 1.73. The number of nitrogens with zero attached hydrogens (tertiary/aromatic N) is 2. The van der Waals surface area contributed by atoms with Crippen molar-refractivity contribution >= 4 is 43.5 Å². The summed E-state index contributed by atoms with van der Waals surface area (Å²) in [6.07, 6.45) is 0.745. The lowest BCUT2D eigenvalue weighted by Gasteiger charge is -2.06. The summed E-state index contributed by atoms with van der Waals surface area (Å²) in [7, 11) is -3.91. The van der Waals surface area contributed by atoms with Gasteiger partial charge >= 0.3 is 5.97 Å².